The molecule has 56 heavy (non-hydrogen) atoms. The smallest absolute Gasteiger partial charge is 0.387 e. The second kappa shape index (κ2) is 24.9. The summed E-state index contributed by atoms with van der Waals surface area (Å²) >= 11 is 0. The predicted octanol–water partition coefficient (Wildman–Crippen LogP) is 7.33. The van der Waals surface area contributed by atoms with E-state index < -0.39 is 44.4 Å². The third-order valence-electron chi connectivity index (χ3n) is 10.4. The minimum absolute atomic E-state index is 0.162. The van der Waals surface area contributed by atoms with E-state index in [1.165, 1.54) is 101 Å². The Balaban J connectivity index is 1.17. The number of rotatable bonds is 31. The van der Waals surface area contributed by atoms with Gasteiger partial charge in [-0.05, 0) is 30.8 Å². The first-order valence-electron chi connectivity index (χ1n) is 20.6. The van der Waals surface area contributed by atoms with Crippen molar-refractivity contribution in [2.75, 3.05) is 38.7 Å². The average molecular weight is 804 g/mol. The first kappa shape index (κ1) is 45.9. The summed E-state index contributed by atoms with van der Waals surface area (Å²) in [5.41, 5.74) is 6.12. The van der Waals surface area contributed by atoms with Gasteiger partial charge in [0.2, 0.25) is 0 Å². The molecule has 1 unspecified atom stereocenters. The van der Waals surface area contributed by atoms with E-state index in [1.54, 1.807) is 12.1 Å². The normalized spacial score (nSPS) is 21.4. The molecule has 2 aromatic heterocycles. The summed E-state index contributed by atoms with van der Waals surface area (Å²) < 4.78 is 43.2. The number of anilines is 1. The van der Waals surface area contributed by atoms with E-state index in [0.29, 0.717) is 17.8 Å². The Kier molecular flexibility index (Phi) is 20.4. The summed E-state index contributed by atoms with van der Waals surface area (Å²) in [6, 6.07) is 12.9. The first-order valence-corrected chi connectivity index (χ1v) is 22.1. The van der Waals surface area contributed by atoms with Crippen molar-refractivity contribution in [2.45, 2.75) is 146 Å². The number of aliphatic hydroxyl groups excluding tert-OH is 2. The number of hydrogen-bond donors (Lipinski definition) is 4. The van der Waals surface area contributed by atoms with Crippen LogP contribution in [-0.4, -0.2) is 93.8 Å². The Morgan fingerprint density at radius 1 is 0.911 bits per heavy atom. The summed E-state index contributed by atoms with van der Waals surface area (Å²) in [7, 11) is -4.67. The molecular weight excluding hydrogens is 737 g/mol. The maximum atomic E-state index is 13.1. The number of aliphatic hydroxyl groups is 2. The van der Waals surface area contributed by atoms with Gasteiger partial charge in [-0.2, -0.15) is 5.10 Å². The van der Waals surface area contributed by atoms with E-state index in [0.717, 1.165) is 18.4 Å². The summed E-state index contributed by atoms with van der Waals surface area (Å²) in [5.74, 6) is 0.205. The van der Waals surface area contributed by atoms with Crippen molar-refractivity contribution >= 4 is 25.9 Å². The molecular formula is C41H66N5O9P. The molecule has 1 aliphatic heterocycles. The third-order valence-corrected chi connectivity index (χ3v) is 11.4. The van der Waals surface area contributed by atoms with E-state index in [-0.39, 0.29) is 32.2 Å². The molecule has 5 N–H and O–H groups in total. The maximum Gasteiger partial charge on any atom is 0.472 e. The average Bonchev–Trinajstić information content (AvgIpc) is 3.74. The van der Waals surface area contributed by atoms with Gasteiger partial charge in [0.25, 0.3) is 0 Å². The zero-order chi connectivity index (χ0) is 40.1. The Morgan fingerprint density at radius 3 is 2.16 bits per heavy atom. The monoisotopic (exact) mass is 803 g/mol. The van der Waals surface area contributed by atoms with Crippen LogP contribution in [0.3, 0.4) is 0 Å². The predicted molar refractivity (Wildman–Crippen MR) is 217 cm³/mol. The van der Waals surface area contributed by atoms with Crippen LogP contribution in [0.1, 0.15) is 121 Å². The fourth-order valence-electron chi connectivity index (χ4n) is 7.17. The zero-order valence-corrected chi connectivity index (χ0v) is 34.2. The largest absolute Gasteiger partial charge is 0.472 e. The number of nitrogen functional groups attached to an aromatic ring is 1. The van der Waals surface area contributed by atoms with Crippen LogP contribution >= 0.6 is 7.82 Å². The van der Waals surface area contributed by atoms with Crippen LogP contribution in [0.4, 0.5) is 5.82 Å². The van der Waals surface area contributed by atoms with Crippen molar-refractivity contribution in [3.63, 3.8) is 0 Å². The molecule has 1 fully saturated rings. The molecule has 6 atom stereocenters. The molecule has 1 aromatic carbocycles. The molecule has 0 aliphatic carbocycles. The summed E-state index contributed by atoms with van der Waals surface area (Å²) in [4.78, 5) is 18.5. The highest BCUT2D eigenvalue weighted by molar-refractivity contribution is 7.47. The van der Waals surface area contributed by atoms with Crippen molar-refractivity contribution in [1.29, 1.82) is 0 Å². The second-order valence-corrected chi connectivity index (χ2v) is 16.3. The van der Waals surface area contributed by atoms with Gasteiger partial charge < -0.3 is 35.1 Å². The molecule has 3 aromatic rings. The first-order chi connectivity index (χ1) is 27.2. The number of nitrogens with two attached hydrogens (primary N) is 1. The molecule has 1 saturated heterocycles. The fourth-order valence-corrected chi connectivity index (χ4v) is 7.93. The van der Waals surface area contributed by atoms with Gasteiger partial charge in [-0.1, -0.05) is 134 Å². The lowest BCUT2D eigenvalue weighted by Gasteiger charge is -2.30. The molecule has 4 rings (SSSR count). The highest BCUT2D eigenvalue weighted by Crippen LogP contribution is 2.46. The number of ether oxygens (including phenoxy) is 3. The fraction of sp³-hybridized carbons (Fsp3) is 0.683. The van der Waals surface area contributed by atoms with Crippen molar-refractivity contribution in [2.24, 2.45) is 4.99 Å². The molecule has 0 bridgehead atoms. The Labute approximate surface area is 332 Å². The molecule has 14 nitrogen and oxygen atoms in total. The Morgan fingerprint density at radius 2 is 1.54 bits per heavy atom. The number of unbranched alkanes of at least 4 members (excludes halogenated alkanes) is 15. The maximum absolute atomic E-state index is 13.1. The number of fused-ring (bicyclic) bond motifs is 1. The van der Waals surface area contributed by atoms with Crippen molar-refractivity contribution in [1.82, 2.24) is 14.6 Å². The van der Waals surface area contributed by atoms with E-state index in [4.69, 9.17) is 29.0 Å². The van der Waals surface area contributed by atoms with Crippen molar-refractivity contribution in [3.05, 3.63) is 60.0 Å². The number of nitrogens with zero attached hydrogens (tertiary/aromatic N) is 4. The number of aliphatic imine (C=N–C) groups is 1. The molecule has 3 heterocycles. The number of phosphoric ester groups is 1. The van der Waals surface area contributed by atoms with Gasteiger partial charge in [-0.3, -0.25) is 14.0 Å². The van der Waals surface area contributed by atoms with Crippen LogP contribution in [0.25, 0.3) is 5.52 Å². The van der Waals surface area contributed by atoms with Crippen LogP contribution in [0, 0.1) is 0 Å². The quantitative estimate of drug-likeness (QED) is 0.0288. The molecule has 0 amide bonds. The minimum Gasteiger partial charge on any atom is -0.387 e. The van der Waals surface area contributed by atoms with Crippen molar-refractivity contribution in [3.8, 4) is 0 Å². The highest BCUT2D eigenvalue weighted by Gasteiger charge is 2.57. The molecule has 0 radical (unpaired) electrons. The van der Waals surface area contributed by atoms with Gasteiger partial charge in [0.05, 0.1) is 38.7 Å². The van der Waals surface area contributed by atoms with Crippen LogP contribution in [-0.2, 0) is 40.0 Å². The van der Waals surface area contributed by atoms with Crippen LogP contribution in [0.5, 0.6) is 0 Å². The Bertz CT molecular complexity index is 1580. The molecule has 1 aliphatic rings. The van der Waals surface area contributed by atoms with Crippen LogP contribution in [0.2, 0.25) is 0 Å². The SMILES string of the molecule is C=NC[C@@]1(c2ccc3c(N)ncnn23)O[C@H](COP(=O)(O)OC[C@@H](COCCCCCCCCCCCCCCCCCC)OCc2ccccc2)[C@@H](O)[C@H]1O. The van der Waals surface area contributed by atoms with Crippen molar-refractivity contribution < 1.29 is 42.9 Å². The molecule has 314 valence electrons. The van der Waals surface area contributed by atoms with E-state index >= 15 is 0 Å². The minimum atomic E-state index is -4.67. The highest BCUT2D eigenvalue weighted by atomic mass is 31.2. The van der Waals surface area contributed by atoms with E-state index in [9.17, 15) is 19.7 Å². The van der Waals surface area contributed by atoms with Gasteiger partial charge >= 0.3 is 7.82 Å². The molecule has 0 spiro atoms. The summed E-state index contributed by atoms with van der Waals surface area (Å²) in [5, 5.41) is 26.4. The second-order valence-electron chi connectivity index (χ2n) is 14.9. The molecule has 0 saturated carbocycles. The summed E-state index contributed by atoms with van der Waals surface area (Å²) in [6.45, 7) is 5.77. The topological polar surface area (TPSA) is 192 Å². The van der Waals surface area contributed by atoms with Crippen LogP contribution < -0.4 is 5.73 Å². The standard InChI is InChI=1S/C41H66N5O9P/c1-3-4-5-6-7-8-9-10-11-12-13-14-15-16-17-21-26-51-28-34(52-27-33-22-19-18-20-23-33)29-53-56(49,50)54-30-36-38(47)39(48)41(55-36,31-43-2)37-25-24-35-40(42)44-32-45-46(35)37/h18-20,22-25,32,34,36,38-39,47-48H,2-17,21,26-31H2,1H3,(H,49,50)(H2,42,44,45)/t34-,36-,38-,39-,41+/m1/s1. The van der Waals surface area contributed by atoms with Gasteiger partial charge in [-0.25, -0.2) is 14.1 Å². The number of aromatic nitrogens is 3. The lowest BCUT2D eigenvalue weighted by atomic mass is 9.91. The van der Waals surface area contributed by atoms with Gasteiger partial charge in [0.15, 0.2) is 11.4 Å². The number of phosphoric acid groups is 1. The number of hydrogen-bond acceptors (Lipinski definition) is 12. The Hall–Kier alpha value is -2.78. The van der Waals surface area contributed by atoms with Gasteiger partial charge in [-0.15, -0.1) is 0 Å². The van der Waals surface area contributed by atoms with Gasteiger partial charge in [0, 0.05) is 6.61 Å². The lowest BCUT2D eigenvalue weighted by Crippen LogP contribution is -2.44. The molecule has 15 heteroatoms. The van der Waals surface area contributed by atoms with E-state index in [2.05, 4.69) is 28.7 Å². The van der Waals surface area contributed by atoms with Crippen LogP contribution in [0.15, 0.2) is 53.8 Å². The third kappa shape index (κ3) is 14.6. The van der Waals surface area contributed by atoms with E-state index in [1.807, 2.05) is 30.3 Å². The summed E-state index contributed by atoms with van der Waals surface area (Å²) in [6.07, 6.45) is 17.1. The number of benzene rings is 1. The van der Waals surface area contributed by atoms with Gasteiger partial charge in [0.1, 0.15) is 36.3 Å². The zero-order valence-electron chi connectivity index (χ0n) is 33.3. The lowest BCUT2D eigenvalue weighted by molar-refractivity contribution is -0.0953.